The number of guanidine groups is 1. The first-order chi connectivity index (χ1) is 13.1. The molecule has 1 amide bonds. The summed E-state index contributed by atoms with van der Waals surface area (Å²) < 4.78 is 0. The van der Waals surface area contributed by atoms with Gasteiger partial charge in [0.2, 0.25) is 0 Å². The molecular weight excluding hydrogens is 336 g/mol. The van der Waals surface area contributed by atoms with E-state index in [-0.39, 0.29) is 5.91 Å². The number of aliphatic imine (C=N–C) groups is 1. The van der Waals surface area contributed by atoms with E-state index in [0.717, 1.165) is 36.5 Å². The Morgan fingerprint density at radius 2 is 1.93 bits per heavy atom. The Labute approximate surface area is 161 Å². The lowest BCUT2D eigenvalue weighted by atomic mass is 10.1. The van der Waals surface area contributed by atoms with Gasteiger partial charge in [-0.15, -0.1) is 0 Å². The molecule has 142 valence electrons. The molecule has 2 aromatic rings. The Balaban J connectivity index is 1.47. The lowest BCUT2D eigenvalue weighted by Gasteiger charge is -2.13. The van der Waals surface area contributed by atoms with Crippen LogP contribution in [0.15, 0.2) is 59.6 Å². The molecule has 2 N–H and O–H groups in total. The minimum atomic E-state index is 0.0305. The van der Waals surface area contributed by atoms with Gasteiger partial charge in [0, 0.05) is 45.2 Å². The summed E-state index contributed by atoms with van der Waals surface area (Å²) in [6.07, 6.45) is 1.97. The van der Waals surface area contributed by atoms with Gasteiger partial charge in [-0.1, -0.05) is 42.5 Å². The number of rotatable bonds is 6. The Morgan fingerprint density at radius 1 is 1.15 bits per heavy atom. The summed E-state index contributed by atoms with van der Waals surface area (Å²) in [7, 11) is 5.34. The van der Waals surface area contributed by atoms with E-state index in [4.69, 9.17) is 0 Å². The van der Waals surface area contributed by atoms with E-state index in [1.807, 2.05) is 18.2 Å². The molecule has 5 nitrogen and oxygen atoms in total. The molecule has 5 heteroatoms. The van der Waals surface area contributed by atoms with Crippen LogP contribution in [0.25, 0.3) is 0 Å². The topological polar surface area (TPSA) is 56.7 Å². The molecule has 0 radical (unpaired) electrons. The molecule has 1 aliphatic carbocycles. The second kappa shape index (κ2) is 8.71. The monoisotopic (exact) mass is 364 g/mol. The van der Waals surface area contributed by atoms with Crippen molar-refractivity contribution in [3.63, 3.8) is 0 Å². The summed E-state index contributed by atoms with van der Waals surface area (Å²) in [4.78, 5) is 18.0. The lowest BCUT2D eigenvalue weighted by molar-refractivity contribution is 0.0827. The normalized spacial score (nSPS) is 18.7. The predicted molar refractivity (Wildman–Crippen MR) is 110 cm³/mol. The van der Waals surface area contributed by atoms with Crippen LogP contribution in [0.1, 0.15) is 33.8 Å². The molecule has 3 rings (SSSR count). The maximum atomic E-state index is 12.1. The van der Waals surface area contributed by atoms with Crippen LogP contribution in [-0.2, 0) is 6.42 Å². The van der Waals surface area contributed by atoms with Gasteiger partial charge in [0.15, 0.2) is 5.96 Å². The molecule has 0 heterocycles. The molecule has 0 saturated heterocycles. The lowest BCUT2D eigenvalue weighted by Crippen LogP contribution is -2.39. The van der Waals surface area contributed by atoms with E-state index >= 15 is 0 Å². The highest BCUT2D eigenvalue weighted by Crippen LogP contribution is 2.40. The number of nitrogens with zero attached hydrogens (tertiary/aromatic N) is 2. The van der Waals surface area contributed by atoms with Crippen LogP contribution >= 0.6 is 0 Å². The molecule has 0 aromatic heterocycles. The van der Waals surface area contributed by atoms with Crippen molar-refractivity contribution in [1.29, 1.82) is 0 Å². The van der Waals surface area contributed by atoms with E-state index in [2.05, 4.69) is 52.0 Å². The average molecular weight is 364 g/mol. The van der Waals surface area contributed by atoms with Crippen molar-refractivity contribution in [2.75, 3.05) is 27.7 Å². The van der Waals surface area contributed by atoms with Crippen molar-refractivity contribution in [2.45, 2.75) is 24.8 Å². The van der Waals surface area contributed by atoms with Gasteiger partial charge in [-0.25, -0.2) is 0 Å². The van der Waals surface area contributed by atoms with Gasteiger partial charge in [-0.05, 0) is 36.1 Å². The highest BCUT2D eigenvalue weighted by molar-refractivity contribution is 5.94. The Hall–Kier alpha value is -2.82. The highest BCUT2D eigenvalue weighted by atomic mass is 16.2. The van der Waals surface area contributed by atoms with Gasteiger partial charge in [-0.3, -0.25) is 9.79 Å². The van der Waals surface area contributed by atoms with Crippen LogP contribution in [-0.4, -0.2) is 50.5 Å². The van der Waals surface area contributed by atoms with E-state index in [1.54, 1.807) is 26.0 Å². The fourth-order valence-corrected chi connectivity index (χ4v) is 3.24. The molecule has 1 aliphatic rings. The van der Waals surface area contributed by atoms with Gasteiger partial charge < -0.3 is 15.5 Å². The van der Waals surface area contributed by atoms with Crippen LogP contribution < -0.4 is 10.6 Å². The maximum Gasteiger partial charge on any atom is 0.253 e. The largest absolute Gasteiger partial charge is 0.356 e. The first-order valence-electron chi connectivity index (χ1n) is 9.41. The Morgan fingerprint density at radius 3 is 2.63 bits per heavy atom. The molecule has 1 saturated carbocycles. The first-order valence-corrected chi connectivity index (χ1v) is 9.41. The first kappa shape index (κ1) is 19.0. The zero-order valence-electron chi connectivity index (χ0n) is 16.3. The van der Waals surface area contributed by atoms with Crippen LogP contribution in [0.4, 0.5) is 0 Å². The number of amides is 1. The van der Waals surface area contributed by atoms with E-state index in [1.165, 1.54) is 5.56 Å². The number of carbonyl (C=O) groups excluding carboxylic acids is 1. The summed E-state index contributed by atoms with van der Waals surface area (Å²) in [6.45, 7) is 0.766. The van der Waals surface area contributed by atoms with Crippen molar-refractivity contribution in [3.8, 4) is 0 Å². The van der Waals surface area contributed by atoms with Crippen molar-refractivity contribution in [3.05, 3.63) is 71.3 Å². The van der Waals surface area contributed by atoms with Crippen LogP contribution in [0, 0.1) is 0 Å². The Bertz CT molecular complexity index is 801. The Kier molecular flexibility index (Phi) is 6.12. The van der Waals surface area contributed by atoms with Crippen molar-refractivity contribution < 1.29 is 4.79 Å². The molecular formula is C22H28N4O. The zero-order valence-corrected chi connectivity index (χ0v) is 16.3. The van der Waals surface area contributed by atoms with Crippen molar-refractivity contribution >= 4 is 11.9 Å². The van der Waals surface area contributed by atoms with Gasteiger partial charge in [0.1, 0.15) is 0 Å². The van der Waals surface area contributed by atoms with Gasteiger partial charge in [0.25, 0.3) is 5.91 Å². The molecule has 2 unspecified atom stereocenters. The number of hydrogen-bond donors (Lipinski definition) is 2. The quantitative estimate of drug-likeness (QED) is 0.612. The molecule has 27 heavy (non-hydrogen) atoms. The average Bonchev–Trinajstić information content (AvgIpc) is 3.46. The maximum absolute atomic E-state index is 12.1. The molecule has 0 spiro atoms. The molecule has 0 bridgehead atoms. The van der Waals surface area contributed by atoms with Crippen LogP contribution in [0.5, 0.6) is 0 Å². The van der Waals surface area contributed by atoms with Crippen LogP contribution in [0.3, 0.4) is 0 Å². The van der Waals surface area contributed by atoms with Crippen molar-refractivity contribution in [1.82, 2.24) is 15.5 Å². The third kappa shape index (κ3) is 5.09. The zero-order chi connectivity index (χ0) is 19.2. The minimum Gasteiger partial charge on any atom is -0.356 e. The number of nitrogens with one attached hydrogen (secondary N) is 2. The third-order valence-electron chi connectivity index (χ3n) is 4.85. The summed E-state index contributed by atoms with van der Waals surface area (Å²) >= 11 is 0. The van der Waals surface area contributed by atoms with E-state index in [9.17, 15) is 4.79 Å². The summed E-state index contributed by atoms with van der Waals surface area (Å²) in [5, 5.41) is 6.87. The molecule has 0 aliphatic heterocycles. The smallest absolute Gasteiger partial charge is 0.253 e. The molecule has 2 atom stereocenters. The second-order valence-electron chi connectivity index (χ2n) is 7.15. The van der Waals surface area contributed by atoms with Crippen LogP contribution in [0.2, 0.25) is 0 Å². The second-order valence-corrected chi connectivity index (χ2v) is 7.15. The van der Waals surface area contributed by atoms with Crippen molar-refractivity contribution in [2.24, 2.45) is 4.99 Å². The van der Waals surface area contributed by atoms with E-state index < -0.39 is 0 Å². The summed E-state index contributed by atoms with van der Waals surface area (Å²) in [5.41, 5.74) is 3.25. The van der Waals surface area contributed by atoms with Gasteiger partial charge in [0.05, 0.1) is 0 Å². The minimum absolute atomic E-state index is 0.0305. The summed E-state index contributed by atoms with van der Waals surface area (Å²) in [5.74, 6) is 1.43. The SMILES string of the molecule is CN=C(NCCc1cccc(C(=O)N(C)C)c1)NC1CC1c1ccccc1. The summed E-state index contributed by atoms with van der Waals surface area (Å²) in [6, 6.07) is 18.9. The standard InChI is InChI=1S/C22H28N4O/c1-23-22(25-20-15-19(20)17-9-5-4-6-10-17)24-13-12-16-8-7-11-18(14-16)21(27)26(2)3/h4-11,14,19-20H,12-13,15H2,1-3H3,(H2,23,24,25). The number of hydrogen-bond acceptors (Lipinski definition) is 2. The fraction of sp³-hybridized carbons (Fsp3) is 0.364. The third-order valence-corrected chi connectivity index (χ3v) is 4.85. The number of benzene rings is 2. The fourth-order valence-electron chi connectivity index (χ4n) is 3.24. The predicted octanol–water partition coefficient (Wildman–Crippen LogP) is 2.65. The van der Waals surface area contributed by atoms with Gasteiger partial charge >= 0.3 is 0 Å². The molecule has 1 fully saturated rings. The van der Waals surface area contributed by atoms with Gasteiger partial charge in [-0.2, -0.15) is 0 Å². The molecule has 2 aromatic carbocycles. The number of carbonyl (C=O) groups is 1. The van der Waals surface area contributed by atoms with E-state index in [0.29, 0.717) is 12.0 Å². The highest BCUT2D eigenvalue weighted by Gasteiger charge is 2.38.